The smallest absolute Gasteiger partial charge is 0.255 e. The topological polar surface area (TPSA) is 96.5 Å². The second-order valence-corrected chi connectivity index (χ2v) is 6.32. The Bertz CT molecular complexity index is 834. The minimum Gasteiger partial charge on any atom is -0.493 e. The molecule has 0 fully saturated rings. The molecule has 3 amide bonds. The first kappa shape index (κ1) is 21.9. The zero-order valence-electron chi connectivity index (χ0n) is 16.8. The summed E-state index contributed by atoms with van der Waals surface area (Å²) in [5.41, 5.74) is 1.59. The van der Waals surface area contributed by atoms with E-state index in [2.05, 4.69) is 16.0 Å². The van der Waals surface area contributed by atoms with Crippen molar-refractivity contribution < 1.29 is 19.1 Å². The van der Waals surface area contributed by atoms with Crippen LogP contribution in [0.3, 0.4) is 0 Å². The largest absolute Gasteiger partial charge is 0.493 e. The summed E-state index contributed by atoms with van der Waals surface area (Å²) >= 11 is 0. The van der Waals surface area contributed by atoms with E-state index in [-0.39, 0.29) is 30.8 Å². The lowest BCUT2D eigenvalue weighted by atomic mass is 10.2. The van der Waals surface area contributed by atoms with Gasteiger partial charge in [0.25, 0.3) is 11.8 Å². The third-order valence-corrected chi connectivity index (χ3v) is 4.04. The summed E-state index contributed by atoms with van der Waals surface area (Å²) in [5.74, 6) is -0.0233. The van der Waals surface area contributed by atoms with E-state index in [0.29, 0.717) is 35.6 Å². The Labute approximate surface area is 170 Å². The highest BCUT2D eigenvalue weighted by Crippen LogP contribution is 2.17. The second-order valence-electron chi connectivity index (χ2n) is 6.32. The van der Waals surface area contributed by atoms with Crippen molar-refractivity contribution in [1.82, 2.24) is 10.6 Å². The standard InChI is InChI=1S/C22H27N3O4/c1-3-7-20(26)25-17-12-10-16(11-13-17)21(27)23-14-15-24-22(28)18-8-5-6-9-19(18)29-4-2/h5-6,8-13H,3-4,7,14-15H2,1-2H3,(H,23,27)(H,24,28)(H,25,26). The van der Waals surface area contributed by atoms with Crippen LogP contribution < -0.4 is 20.7 Å². The highest BCUT2D eigenvalue weighted by molar-refractivity contribution is 5.97. The molecule has 2 rings (SSSR count). The molecule has 0 atom stereocenters. The van der Waals surface area contributed by atoms with Crippen LogP contribution in [0.5, 0.6) is 5.75 Å². The Morgan fingerprint density at radius 1 is 0.862 bits per heavy atom. The molecule has 0 radical (unpaired) electrons. The third-order valence-electron chi connectivity index (χ3n) is 4.04. The number of para-hydroxylation sites is 1. The summed E-state index contributed by atoms with van der Waals surface area (Å²) in [6, 6.07) is 13.7. The summed E-state index contributed by atoms with van der Waals surface area (Å²) in [7, 11) is 0. The van der Waals surface area contributed by atoms with E-state index in [1.807, 2.05) is 19.9 Å². The number of rotatable bonds is 10. The number of carbonyl (C=O) groups is 3. The molecule has 0 unspecified atom stereocenters. The molecule has 3 N–H and O–H groups in total. The van der Waals surface area contributed by atoms with E-state index in [0.717, 1.165) is 6.42 Å². The zero-order chi connectivity index (χ0) is 21.1. The Balaban J connectivity index is 1.78. The van der Waals surface area contributed by atoms with Gasteiger partial charge in [0.2, 0.25) is 5.91 Å². The molecule has 0 heterocycles. The first-order chi connectivity index (χ1) is 14.0. The number of hydrogen-bond acceptors (Lipinski definition) is 4. The van der Waals surface area contributed by atoms with Gasteiger partial charge >= 0.3 is 0 Å². The van der Waals surface area contributed by atoms with Crippen molar-refractivity contribution in [2.75, 3.05) is 25.0 Å². The fourth-order valence-corrected chi connectivity index (χ4v) is 2.64. The summed E-state index contributed by atoms with van der Waals surface area (Å²) in [4.78, 5) is 36.1. The van der Waals surface area contributed by atoms with Crippen LogP contribution in [0.25, 0.3) is 0 Å². The number of nitrogens with one attached hydrogen (secondary N) is 3. The van der Waals surface area contributed by atoms with Crippen molar-refractivity contribution in [2.24, 2.45) is 0 Å². The van der Waals surface area contributed by atoms with Crippen molar-refractivity contribution in [2.45, 2.75) is 26.7 Å². The molecular formula is C22H27N3O4. The average molecular weight is 397 g/mol. The van der Waals surface area contributed by atoms with E-state index < -0.39 is 0 Å². The maximum atomic E-state index is 12.3. The minimum atomic E-state index is -0.254. The molecule has 2 aromatic carbocycles. The molecule has 7 heteroatoms. The maximum Gasteiger partial charge on any atom is 0.255 e. The Hall–Kier alpha value is -3.35. The highest BCUT2D eigenvalue weighted by Gasteiger charge is 2.11. The van der Waals surface area contributed by atoms with E-state index in [9.17, 15) is 14.4 Å². The molecule has 2 aromatic rings. The van der Waals surface area contributed by atoms with Gasteiger partial charge in [0.15, 0.2) is 0 Å². The second kappa shape index (κ2) is 11.5. The lowest BCUT2D eigenvalue weighted by Crippen LogP contribution is -2.34. The molecule has 0 spiro atoms. The van der Waals surface area contributed by atoms with Crippen molar-refractivity contribution in [3.8, 4) is 5.75 Å². The van der Waals surface area contributed by atoms with E-state index in [1.54, 1.807) is 42.5 Å². The monoisotopic (exact) mass is 397 g/mol. The van der Waals surface area contributed by atoms with E-state index >= 15 is 0 Å². The molecule has 0 saturated heterocycles. The minimum absolute atomic E-state index is 0.0497. The van der Waals surface area contributed by atoms with Crippen LogP contribution in [0.2, 0.25) is 0 Å². The quantitative estimate of drug-likeness (QED) is 0.537. The molecule has 154 valence electrons. The number of ether oxygens (including phenoxy) is 1. The van der Waals surface area contributed by atoms with Crippen LogP contribution >= 0.6 is 0 Å². The third kappa shape index (κ3) is 6.95. The van der Waals surface area contributed by atoms with E-state index in [1.165, 1.54) is 0 Å². The molecule has 0 aliphatic carbocycles. The van der Waals surface area contributed by atoms with E-state index in [4.69, 9.17) is 4.74 Å². The van der Waals surface area contributed by atoms with Gasteiger partial charge < -0.3 is 20.7 Å². The Kier molecular flexibility index (Phi) is 8.69. The number of amides is 3. The first-order valence-corrected chi connectivity index (χ1v) is 9.73. The van der Waals surface area contributed by atoms with Crippen LogP contribution in [0.4, 0.5) is 5.69 Å². The fraction of sp³-hybridized carbons (Fsp3) is 0.318. The average Bonchev–Trinajstić information content (AvgIpc) is 2.72. The molecule has 0 aliphatic rings. The van der Waals surface area contributed by atoms with Crippen molar-refractivity contribution in [1.29, 1.82) is 0 Å². The summed E-state index contributed by atoms with van der Waals surface area (Å²) in [6.07, 6.45) is 1.24. The molecule has 0 aromatic heterocycles. The predicted octanol–water partition coefficient (Wildman–Crippen LogP) is 2.98. The molecule has 0 bridgehead atoms. The number of benzene rings is 2. The predicted molar refractivity (Wildman–Crippen MR) is 112 cm³/mol. The summed E-state index contributed by atoms with van der Waals surface area (Å²) in [6.45, 7) is 4.84. The van der Waals surface area contributed by atoms with Gasteiger partial charge in [-0.15, -0.1) is 0 Å². The van der Waals surface area contributed by atoms with Crippen LogP contribution in [-0.4, -0.2) is 37.4 Å². The highest BCUT2D eigenvalue weighted by atomic mass is 16.5. The van der Waals surface area contributed by atoms with Gasteiger partial charge in [-0.05, 0) is 49.7 Å². The van der Waals surface area contributed by atoms with Crippen molar-refractivity contribution in [3.05, 3.63) is 59.7 Å². The van der Waals surface area contributed by atoms with Crippen LogP contribution in [0.15, 0.2) is 48.5 Å². The molecule has 29 heavy (non-hydrogen) atoms. The molecular weight excluding hydrogens is 370 g/mol. The normalized spacial score (nSPS) is 10.1. The lowest BCUT2D eigenvalue weighted by Gasteiger charge is -2.11. The fourth-order valence-electron chi connectivity index (χ4n) is 2.64. The summed E-state index contributed by atoms with van der Waals surface area (Å²) < 4.78 is 5.45. The van der Waals surface area contributed by atoms with Crippen LogP contribution in [0.1, 0.15) is 47.4 Å². The van der Waals surface area contributed by atoms with Gasteiger partial charge in [-0.25, -0.2) is 0 Å². The van der Waals surface area contributed by atoms with Gasteiger partial charge in [-0.1, -0.05) is 19.1 Å². The number of carbonyl (C=O) groups excluding carboxylic acids is 3. The van der Waals surface area contributed by atoms with Crippen molar-refractivity contribution in [3.63, 3.8) is 0 Å². The van der Waals surface area contributed by atoms with Gasteiger partial charge in [0.05, 0.1) is 12.2 Å². The number of anilines is 1. The lowest BCUT2D eigenvalue weighted by molar-refractivity contribution is -0.116. The van der Waals surface area contributed by atoms with Crippen LogP contribution in [-0.2, 0) is 4.79 Å². The number of hydrogen-bond donors (Lipinski definition) is 3. The molecule has 0 aliphatic heterocycles. The summed E-state index contributed by atoms with van der Waals surface area (Å²) in [5, 5.41) is 8.29. The van der Waals surface area contributed by atoms with Gasteiger partial charge in [0.1, 0.15) is 5.75 Å². The van der Waals surface area contributed by atoms with Gasteiger partial charge in [-0.2, -0.15) is 0 Å². The van der Waals surface area contributed by atoms with Crippen LogP contribution in [0, 0.1) is 0 Å². The SMILES string of the molecule is CCCC(=O)Nc1ccc(C(=O)NCCNC(=O)c2ccccc2OCC)cc1. The van der Waals surface area contributed by atoms with Gasteiger partial charge in [0, 0.05) is 30.8 Å². The Morgan fingerprint density at radius 3 is 2.17 bits per heavy atom. The Morgan fingerprint density at radius 2 is 1.52 bits per heavy atom. The van der Waals surface area contributed by atoms with Gasteiger partial charge in [-0.3, -0.25) is 14.4 Å². The first-order valence-electron chi connectivity index (χ1n) is 9.73. The van der Waals surface area contributed by atoms with Crippen molar-refractivity contribution >= 4 is 23.4 Å². The maximum absolute atomic E-state index is 12.3. The zero-order valence-corrected chi connectivity index (χ0v) is 16.8. The molecule has 0 saturated carbocycles. The molecule has 7 nitrogen and oxygen atoms in total.